The minimum absolute atomic E-state index is 0.0921. The Morgan fingerprint density at radius 3 is 2.38 bits per heavy atom. The molecule has 0 aliphatic heterocycles. The van der Waals surface area contributed by atoms with Crippen molar-refractivity contribution < 1.29 is 4.79 Å². The van der Waals surface area contributed by atoms with Crippen LogP contribution in [0.4, 0.5) is 0 Å². The average Bonchev–Trinajstić information content (AvgIpc) is 2.54. The maximum Gasteiger partial charge on any atom is 0.262 e. The molecule has 1 aliphatic rings. The minimum Gasteiger partial charge on any atom is -0.348 e. The van der Waals surface area contributed by atoms with Crippen LogP contribution in [0, 0.1) is 17.2 Å². The van der Waals surface area contributed by atoms with Crippen LogP contribution in [-0.4, -0.2) is 11.9 Å². The number of hydrogen-bond donors (Lipinski definition) is 1. The zero-order chi connectivity index (χ0) is 17.7. The Morgan fingerprint density at radius 1 is 1.21 bits per heavy atom. The molecule has 0 saturated heterocycles. The topological polar surface area (TPSA) is 52.9 Å². The van der Waals surface area contributed by atoms with Gasteiger partial charge in [-0.2, -0.15) is 5.26 Å². The minimum atomic E-state index is -0.254. The van der Waals surface area contributed by atoms with Gasteiger partial charge < -0.3 is 5.32 Å². The number of carbonyl (C=O) groups is 1. The second kappa shape index (κ2) is 7.66. The van der Waals surface area contributed by atoms with E-state index in [0.29, 0.717) is 5.92 Å². The van der Waals surface area contributed by atoms with Gasteiger partial charge in [0, 0.05) is 6.04 Å². The second-order valence-electron chi connectivity index (χ2n) is 7.88. The largest absolute Gasteiger partial charge is 0.348 e. The molecule has 1 N–H and O–H groups in total. The van der Waals surface area contributed by atoms with Crippen LogP contribution < -0.4 is 5.32 Å². The molecule has 2 rings (SSSR count). The van der Waals surface area contributed by atoms with Crippen molar-refractivity contribution in [3.8, 4) is 6.07 Å². The van der Waals surface area contributed by atoms with Gasteiger partial charge in [0.25, 0.3) is 5.91 Å². The van der Waals surface area contributed by atoms with Crippen molar-refractivity contribution in [1.29, 1.82) is 5.26 Å². The van der Waals surface area contributed by atoms with Gasteiger partial charge in [-0.15, -0.1) is 0 Å². The average molecular weight is 324 g/mol. The van der Waals surface area contributed by atoms with Crippen molar-refractivity contribution in [2.75, 3.05) is 0 Å². The summed E-state index contributed by atoms with van der Waals surface area (Å²) in [4.78, 5) is 12.4. The summed E-state index contributed by atoms with van der Waals surface area (Å²) in [7, 11) is 0. The van der Waals surface area contributed by atoms with E-state index in [1.54, 1.807) is 6.08 Å². The maximum absolute atomic E-state index is 12.4. The highest BCUT2D eigenvalue weighted by molar-refractivity contribution is 6.01. The van der Waals surface area contributed by atoms with Gasteiger partial charge in [-0.1, -0.05) is 64.8 Å². The van der Waals surface area contributed by atoms with Gasteiger partial charge in [0.15, 0.2) is 0 Å². The highest BCUT2D eigenvalue weighted by atomic mass is 16.1. The lowest BCUT2D eigenvalue weighted by molar-refractivity contribution is -0.118. The van der Waals surface area contributed by atoms with Gasteiger partial charge in [-0.05, 0) is 41.4 Å². The summed E-state index contributed by atoms with van der Waals surface area (Å²) < 4.78 is 0. The van der Waals surface area contributed by atoms with Crippen molar-refractivity contribution in [2.24, 2.45) is 5.92 Å². The molecule has 0 radical (unpaired) electrons. The van der Waals surface area contributed by atoms with E-state index >= 15 is 0 Å². The molecule has 0 aromatic heterocycles. The predicted molar refractivity (Wildman–Crippen MR) is 98.3 cm³/mol. The summed E-state index contributed by atoms with van der Waals surface area (Å²) in [6.45, 7) is 8.66. The van der Waals surface area contributed by atoms with Gasteiger partial charge in [-0.25, -0.2) is 0 Å². The number of nitriles is 1. The van der Waals surface area contributed by atoms with Crippen LogP contribution in [0.25, 0.3) is 6.08 Å². The highest BCUT2D eigenvalue weighted by Gasteiger charge is 2.24. The van der Waals surface area contributed by atoms with Crippen LogP contribution in [0.1, 0.15) is 64.5 Å². The molecule has 0 bridgehead atoms. The van der Waals surface area contributed by atoms with E-state index in [9.17, 15) is 10.1 Å². The van der Waals surface area contributed by atoms with Gasteiger partial charge in [-0.3, -0.25) is 4.79 Å². The Labute approximate surface area is 145 Å². The van der Waals surface area contributed by atoms with E-state index in [1.165, 1.54) is 12.0 Å². The molecule has 1 amide bonds. The Kier molecular flexibility index (Phi) is 5.83. The second-order valence-corrected chi connectivity index (χ2v) is 7.88. The smallest absolute Gasteiger partial charge is 0.262 e. The van der Waals surface area contributed by atoms with Crippen molar-refractivity contribution >= 4 is 12.0 Å². The fraction of sp³-hybridized carbons (Fsp3) is 0.524. The van der Waals surface area contributed by atoms with Crippen LogP contribution in [0.3, 0.4) is 0 Å². The SMILES string of the molecule is C[C@H]1CCCC[C@@H]1NC(=O)/C(C#N)=C/c1ccc(C(C)(C)C)cc1. The fourth-order valence-corrected chi connectivity index (χ4v) is 3.17. The lowest BCUT2D eigenvalue weighted by Gasteiger charge is -2.29. The molecule has 24 heavy (non-hydrogen) atoms. The molecule has 0 heterocycles. The number of nitrogens with zero attached hydrogens (tertiary/aromatic N) is 1. The van der Waals surface area contributed by atoms with Crippen LogP contribution in [0.5, 0.6) is 0 Å². The molecular formula is C21H28N2O. The van der Waals surface area contributed by atoms with Crippen LogP contribution >= 0.6 is 0 Å². The molecule has 1 saturated carbocycles. The fourth-order valence-electron chi connectivity index (χ4n) is 3.17. The Balaban J connectivity index is 2.11. The van der Waals surface area contributed by atoms with E-state index in [2.05, 4.69) is 45.1 Å². The third kappa shape index (κ3) is 4.71. The molecule has 1 aromatic rings. The van der Waals surface area contributed by atoms with Gasteiger partial charge in [0.1, 0.15) is 11.6 Å². The van der Waals surface area contributed by atoms with Gasteiger partial charge in [0.05, 0.1) is 0 Å². The first-order valence-corrected chi connectivity index (χ1v) is 8.84. The number of carbonyl (C=O) groups excluding carboxylic acids is 1. The third-order valence-corrected chi connectivity index (χ3v) is 4.88. The van der Waals surface area contributed by atoms with Crippen LogP contribution in [-0.2, 0) is 10.2 Å². The van der Waals surface area contributed by atoms with Gasteiger partial charge in [0.2, 0.25) is 0 Å². The Morgan fingerprint density at radius 2 is 1.83 bits per heavy atom. The summed E-state index contributed by atoms with van der Waals surface area (Å²) in [6.07, 6.45) is 6.20. The van der Waals surface area contributed by atoms with E-state index < -0.39 is 0 Å². The van der Waals surface area contributed by atoms with E-state index in [-0.39, 0.29) is 22.9 Å². The third-order valence-electron chi connectivity index (χ3n) is 4.88. The summed E-state index contributed by atoms with van der Waals surface area (Å²) in [5, 5.41) is 12.4. The molecule has 1 aromatic carbocycles. The van der Waals surface area contributed by atoms with Crippen molar-refractivity contribution in [2.45, 2.75) is 64.8 Å². The molecular weight excluding hydrogens is 296 g/mol. The van der Waals surface area contributed by atoms with Crippen LogP contribution in [0.2, 0.25) is 0 Å². The zero-order valence-corrected chi connectivity index (χ0v) is 15.2. The van der Waals surface area contributed by atoms with Crippen molar-refractivity contribution in [3.63, 3.8) is 0 Å². The summed E-state index contributed by atoms with van der Waals surface area (Å²) >= 11 is 0. The lowest BCUT2D eigenvalue weighted by Crippen LogP contribution is -2.41. The van der Waals surface area contributed by atoms with Crippen molar-refractivity contribution in [3.05, 3.63) is 41.0 Å². The normalized spacial score (nSPS) is 21.9. The first kappa shape index (κ1) is 18.3. The lowest BCUT2D eigenvalue weighted by atomic mass is 9.85. The monoisotopic (exact) mass is 324 g/mol. The maximum atomic E-state index is 12.4. The molecule has 128 valence electrons. The molecule has 0 spiro atoms. The summed E-state index contributed by atoms with van der Waals surface area (Å²) in [6, 6.07) is 10.3. The molecule has 1 aliphatic carbocycles. The zero-order valence-electron chi connectivity index (χ0n) is 15.2. The van der Waals surface area contributed by atoms with Gasteiger partial charge >= 0.3 is 0 Å². The molecule has 0 unspecified atom stereocenters. The van der Waals surface area contributed by atoms with Crippen molar-refractivity contribution in [1.82, 2.24) is 5.32 Å². The molecule has 3 heteroatoms. The highest BCUT2D eigenvalue weighted by Crippen LogP contribution is 2.25. The standard InChI is InChI=1S/C21H28N2O/c1-15-7-5-6-8-19(15)23-20(24)17(14-22)13-16-9-11-18(12-10-16)21(2,3)4/h9-13,15,19H,5-8H2,1-4H3,(H,23,24)/b17-13+/t15-,19-/m0/s1. The summed E-state index contributed by atoms with van der Waals surface area (Å²) in [5.74, 6) is 0.227. The number of amides is 1. The first-order valence-electron chi connectivity index (χ1n) is 8.84. The molecule has 2 atom stereocenters. The number of benzene rings is 1. The Hall–Kier alpha value is -2.08. The van der Waals surface area contributed by atoms with E-state index in [1.807, 2.05) is 18.2 Å². The Bertz CT molecular complexity index is 644. The number of rotatable bonds is 3. The predicted octanol–water partition coefficient (Wildman–Crippen LogP) is 4.59. The molecule has 1 fully saturated rings. The van der Waals surface area contributed by atoms with Crippen LogP contribution in [0.15, 0.2) is 29.8 Å². The molecule has 3 nitrogen and oxygen atoms in total. The number of nitrogens with one attached hydrogen (secondary N) is 1. The summed E-state index contributed by atoms with van der Waals surface area (Å²) in [5.41, 5.74) is 2.38. The van der Waals surface area contributed by atoms with E-state index in [0.717, 1.165) is 24.8 Å². The quantitative estimate of drug-likeness (QED) is 0.653. The first-order chi connectivity index (χ1) is 11.3. The van der Waals surface area contributed by atoms with E-state index in [4.69, 9.17) is 0 Å². The number of hydrogen-bond acceptors (Lipinski definition) is 2.